The number of benzene rings is 3. The van der Waals surface area contributed by atoms with Crippen molar-refractivity contribution in [3.8, 4) is 17.2 Å². The first-order valence-corrected chi connectivity index (χ1v) is 20.8. The lowest BCUT2D eigenvalue weighted by Crippen LogP contribution is -2.37. The van der Waals surface area contributed by atoms with Crippen molar-refractivity contribution >= 4 is 22.1 Å². The molecule has 228 valence electrons. The maximum atomic E-state index is 13.5. The molecule has 0 amide bonds. The topological polar surface area (TPSA) is 88.6 Å². The molecule has 1 aliphatic rings. The molecule has 0 aromatic heterocycles. The fourth-order valence-electron chi connectivity index (χ4n) is 4.90. The molecule has 1 heterocycles. The Labute approximate surface area is 250 Å². The van der Waals surface area contributed by atoms with Crippen LogP contribution in [0.25, 0.3) is 0 Å². The van der Waals surface area contributed by atoms with Crippen molar-refractivity contribution in [3.63, 3.8) is 0 Å². The average molecular weight is 634 g/mol. The maximum Gasteiger partial charge on any atom is 0.258 e. The van der Waals surface area contributed by atoms with Gasteiger partial charge in [-0.05, 0) is 36.4 Å². The Balaban J connectivity index is 1.47. The van der Waals surface area contributed by atoms with Crippen LogP contribution >= 0.6 is 22.1 Å². The molecule has 0 saturated carbocycles. The van der Waals surface area contributed by atoms with Crippen LogP contribution in [-0.4, -0.2) is 92.8 Å². The van der Waals surface area contributed by atoms with E-state index < -0.39 is 22.1 Å². The summed E-state index contributed by atoms with van der Waals surface area (Å²) in [6.45, 7) is 8.63. The Bertz CT molecular complexity index is 1220. The van der Waals surface area contributed by atoms with Crippen molar-refractivity contribution in [2.75, 3.05) is 78.1 Å². The van der Waals surface area contributed by atoms with Crippen molar-refractivity contribution in [1.82, 2.24) is 14.7 Å². The van der Waals surface area contributed by atoms with E-state index in [9.17, 15) is 13.7 Å². The second kappa shape index (κ2) is 14.9. The van der Waals surface area contributed by atoms with Crippen LogP contribution in [0.3, 0.4) is 0 Å². The predicted molar refractivity (Wildman–Crippen MR) is 171 cm³/mol. The van der Waals surface area contributed by atoms with Crippen LogP contribution in [0.1, 0.15) is 0 Å². The summed E-state index contributed by atoms with van der Waals surface area (Å²) in [5.74, 6) is 1.72. The minimum absolute atomic E-state index is 0.262. The van der Waals surface area contributed by atoms with Gasteiger partial charge in [0.25, 0.3) is 22.1 Å². The Hall–Kier alpha value is -2.37. The van der Waals surface area contributed by atoms with Gasteiger partial charge in [0.05, 0.1) is 18.9 Å². The molecule has 3 atom stereocenters. The fourth-order valence-corrected chi connectivity index (χ4v) is 9.80. The highest BCUT2D eigenvalue weighted by atomic mass is 31.2. The average Bonchev–Trinajstić information content (AvgIpc) is 3.00. The molecule has 0 aliphatic carbocycles. The lowest BCUT2D eigenvalue weighted by molar-refractivity contribution is 0.250. The van der Waals surface area contributed by atoms with Crippen LogP contribution in [0.15, 0.2) is 91.0 Å². The largest absolute Gasteiger partial charge is 0.442 e. The molecule has 0 N–H and O–H groups in total. The van der Waals surface area contributed by atoms with Crippen molar-refractivity contribution in [2.45, 2.75) is 0 Å². The SMILES string of the molecule is CP(=O)(CN1CCN(CP(C)(=O)Oc2ccccc2)CCN(CP(C)(=O)Oc2ccccc2)CC1)Oc1ccccc1. The number of para-hydroxylation sites is 3. The molecule has 1 saturated heterocycles. The summed E-state index contributed by atoms with van der Waals surface area (Å²) in [7, 11) is -9.04. The molecule has 42 heavy (non-hydrogen) atoms. The molecule has 9 nitrogen and oxygen atoms in total. The number of rotatable bonds is 12. The first-order valence-electron chi connectivity index (χ1n) is 14.1. The van der Waals surface area contributed by atoms with Gasteiger partial charge in [-0.15, -0.1) is 0 Å². The van der Waals surface area contributed by atoms with E-state index in [-0.39, 0.29) is 18.9 Å². The van der Waals surface area contributed by atoms with E-state index in [1.54, 1.807) is 56.4 Å². The van der Waals surface area contributed by atoms with Crippen LogP contribution in [0, 0.1) is 0 Å². The van der Waals surface area contributed by atoms with E-state index in [2.05, 4.69) is 14.7 Å². The molecule has 3 unspecified atom stereocenters. The molecule has 3 aromatic rings. The van der Waals surface area contributed by atoms with Gasteiger partial charge < -0.3 is 13.6 Å². The Kier molecular flexibility index (Phi) is 11.5. The first-order chi connectivity index (χ1) is 20.0. The second-order valence-electron chi connectivity index (χ2n) is 11.0. The van der Waals surface area contributed by atoms with E-state index in [1.807, 2.05) is 54.6 Å². The summed E-state index contributed by atoms with van der Waals surface area (Å²) in [4.78, 5) is 6.35. The summed E-state index contributed by atoms with van der Waals surface area (Å²) in [6.07, 6.45) is 0.786. The van der Waals surface area contributed by atoms with Crippen LogP contribution in [0.5, 0.6) is 17.2 Å². The first kappa shape index (κ1) is 32.5. The van der Waals surface area contributed by atoms with E-state index in [1.165, 1.54) is 0 Å². The zero-order valence-corrected chi connectivity index (χ0v) is 27.3. The second-order valence-corrected chi connectivity index (χ2v) is 18.5. The molecule has 12 heteroatoms. The highest BCUT2D eigenvalue weighted by Gasteiger charge is 2.29. The van der Waals surface area contributed by atoms with Gasteiger partial charge in [-0.2, -0.15) is 0 Å². The Morgan fingerprint density at radius 2 is 0.667 bits per heavy atom. The van der Waals surface area contributed by atoms with Crippen LogP contribution in [0.4, 0.5) is 0 Å². The van der Waals surface area contributed by atoms with Gasteiger partial charge in [0.15, 0.2) is 0 Å². The van der Waals surface area contributed by atoms with E-state index in [0.29, 0.717) is 56.5 Å². The van der Waals surface area contributed by atoms with Gasteiger partial charge in [0.2, 0.25) is 0 Å². The molecular formula is C30H42N3O6P3. The van der Waals surface area contributed by atoms with Gasteiger partial charge in [0.1, 0.15) is 17.2 Å². The zero-order valence-electron chi connectivity index (χ0n) is 24.7. The lowest BCUT2D eigenvalue weighted by atomic mass is 10.3. The molecule has 0 spiro atoms. The van der Waals surface area contributed by atoms with Crippen LogP contribution in [-0.2, 0) is 13.7 Å². The normalized spacial score (nSPS) is 20.1. The molecule has 0 bridgehead atoms. The Morgan fingerprint density at radius 3 is 0.881 bits per heavy atom. The zero-order chi connectivity index (χ0) is 30.1. The lowest BCUT2D eigenvalue weighted by Gasteiger charge is -2.29. The third-order valence-electron chi connectivity index (χ3n) is 6.69. The highest BCUT2D eigenvalue weighted by Crippen LogP contribution is 2.46. The molecular weight excluding hydrogens is 591 g/mol. The van der Waals surface area contributed by atoms with Crippen LogP contribution in [0.2, 0.25) is 0 Å². The number of nitrogens with zero attached hydrogens (tertiary/aromatic N) is 3. The van der Waals surface area contributed by atoms with Gasteiger partial charge in [-0.1, -0.05) is 54.6 Å². The summed E-state index contributed by atoms with van der Waals surface area (Å²) in [5.41, 5.74) is 0. The molecule has 1 aliphatic heterocycles. The van der Waals surface area contributed by atoms with Crippen molar-refractivity contribution in [3.05, 3.63) is 91.0 Å². The maximum absolute atomic E-state index is 13.5. The third kappa shape index (κ3) is 11.4. The smallest absolute Gasteiger partial charge is 0.258 e. The Morgan fingerprint density at radius 1 is 0.452 bits per heavy atom. The van der Waals surface area contributed by atoms with Gasteiger partial charge in [0, 0.05) is 59.3 Å². The standard InChI is InChI=1S/C30H42N3O6P3/c1-40(34,37-28-13-7-4-8-14-28)25-31-19-21-32(26-41(2,35)38-29-15-9-5-10-16-29)23-24-33(22-20-31)27-42(3,36)39-30-17-11-6-12-18-30/h4-18H,19-27H2,1-3H3. The number of hydrogen-bond acceptors (Lipinski definition) is 9. The third-order valence-corrected chi connectivity index (χ3v) is 11.2. The van der Waals surface area contributed by atoms with Crippen molar-refractivity contribution in [1.29, 1.82) is 0 Å². The van der Waals surface area contributed by atoms with Gasteiger partial charge in [-0.25, -0.2) is 0 Å². The van der Waals surface area contributed by atoms with E-state index in [0.717, 1.165) is 0 Å². The van der Waals surface area contributed by atoms with E-state index >= 15 is 0 Å². The predicted octanol–water partition coefficient (Wildman–Crippen LogP) is 6.74. The molecule has 4 rings (SSSR count). The van der Waals surface area contributed by atoms with Gasteiger partial charge in [-0.3, -0.25) is 28.4 Å². The van der Waals surface area contributed by atoms with E-state index in [4.69, 9.17) is 13.6 Å². The minimum atomic E-state index is -3.01. The minimum Gasteiger partial charge on any atom is -0.442 e. The quantitative estimate of drug-likeness (QED) is 0.201. The summed E-state index contributed by atoms with van der Waals surface area (Å²) >= 11 is 0. The highest BCUT2D eigenvalue weighted by molar-refractivity contribution is 7.59. The van der Waals surface area contributed by atoms with Gasteiger partial charge >= 0.3 is 0 Å². The summed E-state index contributed by atoms with van der Waals surface area (Å²) < 4.78 is 58.4. The monoisotopic (exact) mass is 633 g/mol. The summed E-state index contributed by atoms with van der Waals surface area (Å²) in [6, 6.07) is 27.6. The van der Waals surface area contributed by atoms with Crippen molar-refractivity contribution in [2.24, 2.45) is 0 Å². The summed E-state index contributed by atoms with van der Waals surface area (Å²) in [5, 5.41) is 0. The van der Waals surface area contributed by atoms with Crippen molar-refractivity contribution < 1.29 is 27.3 Å². The van der Waals surface area contributed by atoms with Crippen LogP contribution < -0.4 is 13.6 Å². The molecule has 0 radical (unpaired) electrons. The molecule has 3 aromatic carbocycles. The fraction of sp³-hybridized carbons (Fsp3) is 0.400. The number of hydrogen-bond donors (Lipinski definition) is 0. The molecule has 1 fully saturated rings.